The van der Waals surface area contributed by atoms with Crippen molar-refractivity contribution in [3.05, 3.63) is 0 Å². The summed E-state index contributed by atoms with van der Waals surface area (Å²) in [6.45, 7) is 7.60. The molecule has 1 unspecified atom stereocenters. The van der Waals surface area contributed by atoms with Gasteiger partial charge in [0.2, 0.25) is 0 Å². The Hall–Kier alpha value is -0.120. The molecule has 1 aliphatic rings. The Morgan fingerprint density at radius 3 is 2.31 bits per heavy atom. The van der Waals surface area contributed by atoms with E-state index < -0.39 is 0 Å². The van der Waals surface area contributed by atoms with E-state index in [9.17, 15) is 0 Å². The van der Waals surface area contributed by atoms with Gasteiger partial charge in [0.1, 0.15) is 0 Å². The number of nitrogens with two attached hydrogens (primary N) is 1. The molecule has 0 heterocycles. The van der Waals surface area contributed by atoms with Crippen LogP contribution in [0.1, 0.15) is 40.0 Å². The van der Waals surface area contributed by atoms with E-state index in [1.165, 1.54) is 6.42 Å². The average molecular weight is 228 g/mol. The van der Waals surface area contributed by atoms with Crippen LogP contribution in [-0.2, 0) is 4.74 Å². The molecule has 3 nitrogen and oxygen atoms in total. The van der Waals surface area contributed by atoms with Crippen LogP contribution in [0.15, 0.2) is 0 Å². The van der Waals surface area contributed by atoms with Crippen molar-refractivity contribution in [2.75, 3.05) is 20.7 Å². The van der Waals surface area contributed by atoms with Gasteiger partial charge in [-0.25, -0.2) is 0 Å². The molecule has 0 saturated heterocycles. The molecule has 0 aliphatic heterocycles. The fourth-order valence-corrected chi connectivity index (χ4v) is 2.86. The van der Waals surface area contributed by atoms with Crippen LogP contribution in [0.2, 0.25) is 0 Å². The maximum atomic E-state index is 5.96. The number of methoxy groups -OCH3 is 1. The van der Waals surface area contributed by atoms with E-state index in [1.54, 1.807) is 7.11 Å². The predicted molar refractivity (Wildman–Crippen MR) is 68.5 cm³/mol. The van der Waals surface area contributed by atoms with Gasteiger partial charge in [-0.2, -0.15) is 0 Å². The molecule has 16 heavy (non-hydrogen) atoms. The van der Waals surface area contributed by atoms with Crippen molar-refractivity contribution in [3.63, 3.8) is 0 Å². The van der Waals surface area contributed by atoms with Gasteiger partial charge in [0, 0.05) is 25.2 Å². The number of rotatable bonds is 6. The zero-order valence-corrected chi connectivity index (χ0v) is 11.5. The van der Waals surface area contributed by atoms with Crippen molar-refractivity contribution in [3.8, 4) is 0 Å². The highest BCUT2D eigenvalue weighted by molar-refractivity contribution is 5.04. The molecule has 0 aromatic carbocycles. The summed E-state index contributed by atoms with van der Waals surface area (Å²) >= 11 is 0. The van der Waals surface area contributed by atoms with Crippen molar-refractivity contribution >= 4 is 0 Å². The molecule has 0 spiro atoms. The van der Waals surface area contributed by atoms with Gasteiger partial charge in [0.25, 0.3) is 0 Å². The smallest absolute Gasteiger partial charge is 0.0607 e. The Kier molecular flexibility index (Phi) is 4.77. The fraction of sp³-hybridized carbons (Fsp3) is 1.00. The minimum atomic E-state index is 0.189. The molecule has 3 heteroatoms. The van der Waals surface area contributed by atoms with Gasteiger partial charge < -0.3 is 10.5 Å². The highest BCUT2D eigenvalue weighted by Gasteiger charge is 2.47. The summed E-state index contributed by atoms with van der Waals surface area (Å²) in [5, 5.41) is 0. The van der Waals surface area contributed by atoms with E-state index in [0.29, 0.717) is 12.1 Å². The van der Waals surface area contributed by atoms with Crippen LogP contribution in [0.3, 0.4) is 0 Å². The molecule has 1 fully saturated rings. The zero-order chi connectivity index (χ0) is 12.3. The van der Waals surface area contributed by atoms with Crippen molar-refractivity contribution in [1.82, 2.24) is 4.90 Å². The lowest BCUT2D eigenvalue weighted by Gasteiger charge is -2.54. The molecule has 2 N–H and O–H groups in total. The molecule has 96 valence electrons. The molecule has 0 amide bonds. The number of nitrogens with zero attached hydrogens (tertiary/aromatic N) is 1. The third-order valence-corrected chi connectivity index (χ3v) is 4.15. The van der Waals surface area contributed by atoms with Gasteiger partial charge in [-0.05, 0) is 39.2 Å². The molecule has 1 rings (SSSR count). The number of hydrogen-bond acceptors (Lipinski definition) is 3. The highest BCUT2D eigenvalue weighted by atomic mass is 16.5. The van der Waals surface area contributed by atoms with Gasteiger partial charge in [-0.15, -0.1) is 0 Å². The topological polar surface area (TPSA) is 38.5 Å². The SMILES string of the molecule is COC1CC(CN)(N(C)C(C)CC(C)C)C1. The fourth-order valence-electron chi connectivity index (χ4n) is 2.86. The predicted octanol–water partition coefficient (Wildman–Crippen LogP) is 1.86. The second-order valence-electron chi connectivity index (χ2n) is 5.78. The first-order valence-electron chi connectivity index (χ1n) is 6.41. The van der Waals surface area contributed by atoms with Crippen molar-refractivity contribution in [1.29, 1.82) is 0 Å². The Morgan fingerprint density at radius 2 is 1.94 bits per heavy atom. The maximum absolute atomic E-state index is 5.96. The summed E-state index contributed by atoms with van der Waals surface area (Å²) in [7, 11) is 4.01. The Morgan fingerprint density at radius 1 is 1.38 bits per heavy atom. The van der Waals surface area contributed by atoms with Gasteiger partial charge in [0.15, 0.2) is 0 Å². The van der Waals surface area contributed by atoms with Gasteiger partial charge >= 0.3 is 0 Å². The standard InChI is InChI=1S/C13H28N2O/c1-10(2)6-11(3)15(4)13(9-14)7-12(8-13)16-5/h10-12H,6-9,14H2,1-5H3. The molecule has 1 aliphatic carbocycles. The number of likely N-dealkylation sites (N-methyl/N-ethyl adjacent to an activating group) is 1. The number of hydrogen-bond donors (Lipinski definition) is 1. The van der Waals surface area contributed by atoms with Gasteiger partial charge in [0.05, 0.1) is 6.10 Å². The van der Waals surface area contributed by atoms with Crippen LogP contribution < -0.4 is 5.73 Å². The van der Waals surface area contributed by atoms with E-state index in [4.69, 9.17) is 10.5 Å². The first-order chi connectivity index (χ1) is 7.45. The second kappa shape index (κ2) is 5.48. The van der Waals surface area contributed by atoms with E-state index in [0.717, 1.165) is 25.3 Å². The van der Waals surface area contributed by atoms with Crippen LogP contribution in [0.4, 0.5) is 0 Å². The molecular formula is C13H28N2O. The van der Waals surface area contributed by atoms with Crippen LogP contribution >= 0.6 is 0 Å². The number of ether oxygens (including phenoxy) is 1. The quantitative estimate of drug-likeness (QED) is 0.754. The van der Waals surface area contributed by atoms with E-state index in [2.05, 4.69) is 32.7 Å². The molecular weight excluding hydrogens is 200 g/mol. The summed E-state index contributed by atoms with van der Waals surface area (Å²) in [6.07, 6.45) is 3.81. The zero-order valence-electron chi connectivity index (χ0n) is 11.5. The van der Waals surface area contributed by atoms with E-state index in [-0.39, 0.29) is 5.54 Å². The largest absolute Gasteiger partial charge is 0.381 e. The summed E-state index contributed by atoms with van der Waals surface area (Å²) in [4.78, 5) is 2.47. The lowest BCUT2D eigenvalue weighted by molar-refractivity contribution is -0.0916. The molecule has 1 saturated carbocycles. The summed E-state index contributed by atoms with van der Waals surface area (Å²) in [5.41, 5.74) is 6.15. The molecule has 0 bridgehead atoms. The summed E-state index contributed by atoms with van der Waals surface area (Å²) in [5.74, 6) is 0.741. The maximum Gasteiger partial charge on any atom is 0.0607 e. The van der Waals surface area contributed by atoms with Crippen molar-refractivity contribution < 1.29 is 4.74 Å². The van der Waals surface area contributed by atoms with Crippen LogP contribution in [0, 0.1) is 5.92 Å². The monoisotopic (exact) mass is 228 g/mol. The minimum Gasteiger partial charge on any atom is -0.381 e. The summed E-state index contributed by atoms with van der Waals surface area (Å²) in [6, 6.07) is 0.598. The van der Waals surface area contributed by atoms with E-state index >= 15 is 0 Å². The Balaban J connectivity index is 2.54. The van der Waals surface area contributed by atoms with Gasteiger partial charge in [-0.3, -0.25) is 4.90 Å². The lowest BCUT2D eigenvalue weighted by Crippen LogP contribution is -2.64. The Labute approximate surface area is 100 Å². The van der Waals surface area contributed by atoms with Gasteiger partial charge in [-0.1, -0.05) is 13.8 Å². The minimum absolute atomic E-state index is 0.189. The van der Waals surface area contributed by atoms with Crippen LogP contribution in [-0.4, -0.2) is 43.3 Å². The lowest BCUT2D eigenvalue weighted by atomic mass is 9.72. The normalized spacial score (nSPS) is 31.9. The van der Waals surface area contributed by atoms with Crippen LogP contribution in [0.5, 0.6) is 0 Å². The molecule has 0 aromatic rings. The third-order valence-electron chi connectivity index (χ3n) is 4.15. The van der Waals surface area contributed by atoms with Crippen LogP contribution in [0.25, 0.3) is 0 Å². The summed E-state index contributed by atoms with van der Waals surface area (Å²) < 4.78 is 5.37. The molecule has 1 atom stereocenters. The third kappa shape index (κ3) is 2.76. The first kappa shape index (κ1) is 13.9. The second-order valence-corrected chi connectivity index (χ2v) is 5.78. The van der Waals surface area contributed by atoms with E-state index in [1.807, 2.05) is 0 Å². The van der Waals surface area contributed by atoms with Crippen molar-refractivity contribution in [2.45, 2.75) is 57.7 Å². The van der Waals surface area contributed by atoms with Crippen molar-refractivity contribution in [2.24, 2.45) is 11.7 Å². The highest BCUT2D eigenvalue weighted by Crippen LogP contribution is 2.39. The first-order valence-corrected chi connectivity index (χ1v) is 6.41. The Bertz CT molecular complexity index is 212. The molecule has 0 aromatic heterocycles. The molecule has 0 radical (unpaired) electrons. The average Bonchev–Trinajstić information content (AvgIpc) is 2.16.